The van der Waals surface area contributed by atoms with Gasteiger partial charge >= 0.3 is 6.09 Å². The number of nitrogens with zero attached hydrogens (tertiary/aromatic N) is 1. The van der Waals surface area contributed by atoms with Crippen molar-refractivity contribution < 1.29 is 9.53 Å². The van der Waals surface area contributed by atoms with E-state index in [0.717, 1.165) is 32.5 Å². The summed E-state index contributed by atoms with van der Waals surface area (Å²) in [5, 5.41) is 4.31. The number of piperidine rings is 1. The van der Waals surface area contributed by atoms with Crippen LogP contribution in [0.5, 0.6) is 0 Å². The van der Waals surface area contributed by atoms with E-state index in [9.17, 15) is 4.79 Å². The molecule has 1 aliphatic heterocycles. The zero-order chi connectivity index (χ0) is 15.2. The molecule has 1 fully saturated rings. The Morgan fingerprint density at radius 1 is 1.40 bits per heavy atom. The summed E-state index contributed by atoms with van der Waals surface area (Å²) in [5.74, 6) is 0. The Morgan fingerprint density at radius 2 is 2.00 bits per heavy atom. The number of nitrogens with one attached hydrogen (secondary N) is 1. The molecule has 1 amide bonds. The Hall–Kier alpha value is -0.420. The van der Waals surface area contributed by atoms with Crippen LogP contribution in [0.2, 0.25) is 0 Å². The zero-order valence-corrected chi connectivity index (χ0v) is 14.4. The number of hydrogen-bond donors (Lipinski definition) is 1. The zero-order valence-electron chi connectivity index (χ0n) is 13.6. The van der Waals surface area contributed by atoms with Gasteiger partial charge in [-0.1, -0.05) is 6.92 Å². The fourth-order valence-electron chi connectivity index (χ4n) is 2.20. The molecule has 1 aliphatic rings. The molecule has 0 aliphatic carbocycles. The van der Waals surface area contributed by atoms with Gasteiger partial charge in [0, 0.05) is 24.4 Å². The van der Waals surface area contributed by atoms with Gasteiger partial charge < -0.3 is 15.0 Å². The van der Waals surface area contributed by atoms with E-state index < -0.39 is 5.60 Å². The van der Waals surface area contributed by atoms with E-state index in [-0.39, 0.29) is 6.09 Å². The third kappa shape index (κ3) is 6.84. The fraction of sp³-hybridized carbons (Fsp3) is 0.933. The van der Waals surface area contributed by atoms with E-state index in [1.807, 2.05) is 37.4 Å². The van der Waals surface area contributed by atoms with Crippen molar-refractivity contribution in [2.24, 2.45) is 0 Å². The van der Waals surface area contributed by atoms with Gasteiger partial charge in [-0.05, 0) is 52.8 Å². The molecule has 1 unspecified atom stereocenters. The number of ether oxygens (including phenoxy) is 1. The second-order valence-corrected chi connectivity index (χ2v) is 7.81. The smallest absolute Gasteiger partial charge is 0.410 e. The SMILES string of the molecule is CSC(C)CCNC1CCN(C(=O)OC(C)(C)C)CC1. The normalized spacial score (nSPS) is 18.9. The van der Waals surface area contributed by atoms with Crippen LogP contribution in [-0.4, -0.2) is 53.8 Å². The number of carbonyl (C=O) groups excluding carboxylic acids is 1. The topological polar surface area (TPSA) is 41.6 Å². The van der Waals surface area contributed by atoms with Crippen LogP contribution in [-0.2, 0) is 4.74 Å². The van der Waals surface area contributed by atoms with E-state index in [4.69, 9.17) is 4.74 Å². The highest BCUT2D eigenvalue weighted by molar-refractivity contribution is 7.99. The highest BCUT2D eigenvalue weighted by Crippen LogP contribution is 2.16. The first-order chi connectivity index (χ1) is 9.31. The van der Waals surface area contributed by atoms with Crippen molar-refractivity contribution in [1.29, 1.82) is 0 Å². The number of rotatable bonds is 5. The molecule has 20 heavy (non-hydrogen) atoms. The molecule has 1 saturated heterocycles. The van der Waals surface area contributed by atoms with Crippen molar-refractivity contribution in [3.8, 4) is 0 Å². The Kier molecular flexibility index (Phi) is 7.17. The first-order valence-electron chi connectivity index (χ1n) is 7.56. The summed E-state index contributed by atoms with van der Waals surface area (Å²) in [6.45, 7) is 10.6. The molecule has 0 spiro atoms. The lowest BCUT2D eigenvalue weighted by molar-refractivity contribution is 0.0198. The average Bonchev–Trinajstić information content (AvgIpc) is 2.37. The minimum absolute atomic E-state index is 0.174. The quantitative estimate of drug-likeness (QED) is 0.847. The van der Waals surface area contributed by atoms with Gasteiger partial charge in [0.1, 0.15) is 5.60 Å². The molecule has 1 heterocycles. The number of thioether (sulfide) groups is 1. The van der Waals surface area contributed by atoms with E-state index >= 15 is 0 Å². The summed E-state index contributed by atoms with van der Waals surface area (Å²) >= 11 is 1.91. The van der Waals surface area contributed by atoms with Crippen LogP contribution < -0.4 is 5.32 Å². The van der Waals surface area contributed by atoms with Crippen LogP contribution in [0.15, 0.2) is 0 Å². The molecular weight excluding hydrogens is 272 g/mol. The second kappa shape index (κ2) is 8.13. The third-order valence-electron chi connectivity index (χ3n) is 3.53. The van der Waals surface area contributed by atoms with Crippen molar-refractivity contribution in [3.05, 3.63) is 0 Å². The first kappa shape index (κ1) is 17.6. The van der Waals surface area contributed by atoms with Gasteiger partial charge in [-0.15, -0.1) is 0 Å². The van der Waals surface area contributed by atoms with Crippen molar-refractivity contribution in [3.63, 3.8) is 0 Å². The lowest BCUT2D eigenvalue weighted by atomic mass is 10.1. The maximum Gasteiger partial charge on any atom is 0.410 e. The van der Waals surface area contributed by atoms with Gasteiger partial charge in [-0.2, -0.15) is 11.8 Å². The average molecular weight is 302 g/mol. The van der Waals surface area contributed by atoms with Crippen LogP contribution in [0.1, 0.15) is 47.0 Å². The van der Waals surface area contributed by atoms with Crippen molar-refractivity contribution in [2.45, 2.75) is 63.9 Å². The molecule has 5 heteroatoms. The number of carbonyl (C=O) groups is 1. The number of likely N-dealkylation sites (tertiary alicyclic amines) is 1. The summed E-state index contributed by atoms with van der Waals surface area (Å²) in [6, 6.07) is 0.544. The molecule has 118 valence electrons. The Labute approximate surface area is 128 Å². The molecule has 0 aromatic heterocycles. The van der Waals surface area contributed by atoms with Crippen molar-refractivity contribution in [1.82, 2.24) is 10.2 Å². The van der Waals surface area contributed by atoms with Crippen molar-refractivity contribution >= 4 is 17.9 Å². The van der Waals surface area contributed by atoms with Gasteiger partial charge in [-0.3, -0.25) is 0 Å². The largest absolute Gasteiger partial charge is 0.444 e. The van der Waals surface area contributed by atoms with Gasteiger partial charge in [0.25, 0.3) is 0 Å². The van der Waals surface area contributed by atoms with Crippen LogP contribution in [0.4, 0.5) is 4.79 Å². The summed E-state index contributed by atoms with van der Waals surface area (Å²) in [6.07, 6.45) is 5.23. The summed E-state index contributed by atoms with van der Waals surface area (Å²) in [7, 11) is 0. The Bertz CT molecular complexity index is 297. The van der Waals surface area contributed by atoms with Gasteiger partial charge in [0.05, 0.1) is 0 Å². The van der Waals surface area contributed by atoms with Crippen LogP contribution in [0.25, 0.3) is 0 Å². The second-order valence-electron chi connectivity index (χ2n) is 6.53. The van der Waals surface area contributed by atoms with E-state index in [0.29, 0.717) is 11.3 Å². The van der Waals surface area contributed by atoms with E-state index in [1.54, 1.807) is 0 Å². The van der Waals surface area contributed by atoms with Crippen LogP contribution in [0.3, 0.4) is 0 Å². The van der Waals surface area contributed by atoms with E-state index in [1.165, 1.54) is 6.42 Å². The molecular formula is C15H30N2O2S. The molecule has 0 radical (unpaired) electrons. The maximum atomic E-state index is 11.9. The first-order valence-corrected chi connectivity index (χ1v) is 8.84. The molecule has 0 saturated carbocycles. The lowest BCUT2D eigenvalue weighted by Crippen LogP contribution is -2.46. The van der Waals surface area contributed by atoms with Gasteiger partial charge in [0.15, 0.2) is 0 Å². The monoisotopic (exact) mass is 302 g/mol. The van der Waals surface area contributed by atoms with Crippen LogP contribution >= 0.6 is 11.8 Å². The fourth-order valence-corrected chi connectivity index (χ4v) is 2.55. The summed E-state index contributed by atoms with van der Waals surface area (Å²) < 4.78 is 5.40. The minimum Gasteiger partial charge on any atom is -0.444 e. The minimum atomic E-state index is -0.403. The molecule has 1 atom stereocenters. The highest BCUT2D eigenvalue weighted by Gasteiger charge is 2.26. The highest BCUT2D eigenvalue weighted by atomic mass is 32.2. The molecule has 4 nitrogen and oxygen atoms in total. The Balaban J connectivity index is 2.21. The van der Waals surface area contributed by atoms with E-state index in [2.05, 4.69) is 18.5 Å². The lowest BCUT2D eigenvalue weighted by Gasteiger charge is -2.34. The molecule has 0 aromatic carbocycles. The Morgan fingerprint density at radius 3 is 2.50 bits per heavy atom. The predicted octanol–water partition coefficient (Wildman–Crippen LogP) is 3.12. The van der Waals surface area contributed by atoms with Gasteiger partial charge in [0.2, 0.25) is 0 Å². The maximum absolute atomic E-state index is 11.9. The summed E-state index contributed by atoms with van der Waals surface area (Å²) in [5.41, 5.74) is -0.403. The van der Waals surface area contributed by atoms with Crippen molar-refractivity contribution in [2.75, 3.05) is 25.9 Å². The molecule has 1 rings (SSSR count). The molecule has 0 aromatic rings. The predicted molar refractivity (Wildman–Crippen MR) is 86.4 cm³/mol. The number of hydrogen-bond acceptors (Lipinski definition) is 4. The number of amides is 1. The standard InChI is InChI=1S/C15H30N2O2S/c1-12(20-5)6-9-16-13-7-10-17(11-8-13)14(18)19-15(2,3)4/h12-13,16H,6-11H2,1-5H3. The van der Waals surface area contributed by atoms with Crippen LogP contribution in [0, 0.1) is 0 Å². The summed E-state index contributed by atoms with van der Waals surface area (Å²) in [4.78, 5) is 13.8. The van der Waals surface area contributed by atoms with Gasteiger partial charge in [-0.25, -0.2) is 4.79 Å². The third-order valence-corrected chi connectivity index (χ3v) is 4.57. The molecule has 0 bridgehead atoms. The molecule has 1 N–H and O–H groups in total.